The third-order valence-electron chi connectivity index (χ3n) is 3.76. The summed E-state index contributed by atoms with van der Waals surface area (Å²) in [5.74, 6) is -1.05. The van der Waals surface area contributed by atoms with E-state index >= 15 is 0 Å². The van der Waals surface area contributed by atoms with E-state index in [9.17, 15) is 27.6 Å². The molecule has 1 N–H and O–H groups in total. The van der Waals surface area contributed by atoms with E-state index in [-0.39, 0.29) is 17.0 Å². The van der Waals surface area contributed by atoms with E-state index in [1.54, 1.807) is 12.1 Å². The normalized spacial score (nSPS) is 10.9. The average Bonchev–Trinajstić information content (AvgIpc) is 2.66. The second kappa shape index (κ2) is 9.42. The van der Waals surface area contributed by atoms with Crippen LogP contribution in [0.2, 0.25) is 5.02 Å². The summed E-state index contributed by atoms with van der Waals surface area (Å²) >= 11 is 5.53. The molecule has 10 heteroatoms. The SMILES string of the molecule is CN(CC(=O)Nc1ccc(Cl)c(C(F)(F)F)c1)C(=O)COc1ccccc1C=O. The number of carbonyl (C=O) groups is 3. The van der Waals surface area contributed by atoms with Crippen molar-refractivity contribution in [2.24, 2.45) is 0 Å². The van der Waals surface area contributed by atoms with Crippen molar-refractivity contribution in [3.63, 3.8) is 0 Å². The number of alkyl halides is 3. The van der Waals surface area contributed by atoms with Gasteiger partial charge in [0.2, 0.25) is 5.91 Å². The molecule has 29 heavy (non-hydrogen) atoms. The first kappa shape index (κ1) is 22.2. The smallest absolute Gasteiger partial charge is 0.417 e. The molecule has 0 aliphatic carbocycles. The first-order chi connectivity index (χ1) is 13.6. The van der Waals surface area contributed by atoms with E-state index < -0.39 is 41.7 Å². The van der Waals surface area contributed by atoms with E-state index in [1.807, 2.05) is 0 Å². The van der Waals surface area contributed by atoms with Gasteiger partial charge in [-0.1, -0.05) is 23.7 Å². The number of rotatable bonds is 7. The first-order valence-corrected chi connectivity index (χ1v) is 8.57. The predicted molar refractivity (Wildman–Crippen MR) is 100 cm³/mol. The summed E-state index contributed by atoms with van der Waals surface area (Å²) in [5, 5.41) is 1.79. The number of likely N-dealkylation sites (N-methyl/N-ethyl adjacent to an activating group) is 1. The second-order valence-corrected chi connectivity index (χ2v) is 6.34. The van der Waals surface area contributed by atoms with E-state index in [0.717, 1.165) is 11.0 Å². The van der Waals surface area contributed by atoms with Gasteiger partial charge in [0.25, 0.3) is 5.91 Å². The Morgan fingerprint density at radius 2 is 1.90 bits per heavy atom. The second-order valence-electron chi connectivity index (χ2n) is 5.93. The predicted octanol–water partition coefficient (Wildman–Crippen LogP) is 3.65. The number of nitrogens with zero attached hydrogens (tertiary/aromatic N) is 1. The standard InChI is InChI=1S/C19H16ClF3N2O4/c1-25(18(28)11-29-16-5-3-2-4-12(16)10-26)9-17(27)24-13-6-7-15(20)14(8-13)19(21,22)23/h2-8,10H,9,11H2,1H3,(H,24,27). The number of aldehydes is 1. The molecule has 0 fully saturated rings. The lowest BCUT2D eigenvalue weighted by atomic mass is 10.2. The van der Waals surface area contributed by atoms with Crippen molar-refractivity contribution in [3.8, 4) is 5.75 Å². The highest BCUT2D eigenvalue weighted by Crippen LogP contribution is 2.36. The van der Waals surface area contributed by atoms with Crippen LogP contribution in [0.4, 0.5) is 18.9 Å². The van der Waals surface area contributed by atoms with Crippen LogP contribution in [0.3, 0.4) is 0 Å². The summed E-state index contributed by atoms with van der Waals surface area (Å²) in [6, 6.07) is 9.25. The van der Waals surface area contributed by atoms with Crippen LogP contribution in [0, 0.1) is 0 Å². The molecule has 2 aromatic carbocycles. The summed E-state index contributed by atoms with van der Waals surface area (Å²) in [6.07, 6.45) is -4.09. The van der Waals surface area contributed by atoms with Gasteiger partial charge in [0.05, 0.1) is 22.7 Å². The van der Waals surface area contributed by atoms with Crippen molar-refractivity contribution in [1.29, 1.82) is 0 Å². The molecular weight excluding hydrogens is 413 g/mol. The van der Waals surface area contributed by atoms with Gasteiger partial charge in [-0.25, -0.2) is 0 Å². The molecule has 154 valence electrons. The van der Waals surface area contributed by atoms with Gasteiger partial charge in [-0.3, -0.25) is 14.4 Å². The van der Waals surface area contributed by atoms with Gasteiger partial charge in [0.1, 0.15) is 5.75 Å². The zero-order chi connectivity index (χ0) is 21.6. The summed E-state index contributed by atoms with van der Waals surface area (Å²) < 4.78 is 43.9. The molecule has 0 saturated heterocycles. The molecule has 0 aliphatic heterocycles. The summed E-state index contributed by atoms with van der Waals surface area (Å²) in [4.78, 5) is 36.1. The summed E-state index contributed by atoms with van der Waals surface area (Å²) in [7, 11) is 1.33. The highest BCUT2D eigenvalue weighted by molar-refractivity contribution is 6.31. The van der Waals surface area contributed by atoms with Gasteiger partial charge in [-0.05, 0) is 30.3 Å². The summed E-state index contributed by atoms with van der Waals surface area (Å²) in [6.45, 7) is -0.838. The molecule has 0 heterocycles. The first-order valence-electron chi connectivity index (χ1n) is 8.19. The van der Waals surface area contributed by atoms with Gasteiger partial charge in [0.15, 0.2) is 12.9 Å². The van der Waals surface area contributed by atoms with Crippen molar-refractivity contribution >= 4 is 35.4 Å². The fourth-order valence-electron chi connectivity index (χ4n) is 2.28. The minimum absolute atomic E-state index is 0.108. The Balaban J connectivity index is 1.93. The third-order valence-corrected chi connectivity index (χ3v) is 4.09. The highest BCUT2D eigenvalue weighted by atomic mass is 35.5. The lowest BCUT2D eigenvalue weighted by molar-refractivity contribution is -0.137. The number of halogens is 4. The van der Waals surface area contributed by atoms with Crippen LogP contribution in [0.15, 0.2) is 42.5 Å². The van der Waals surface area contributed by atoms with Crippen LogP contribution in [0.25, 0.3) is 0 Å². The Kier molecular flexibility index (Phi) is 7.22. The quantitative estimate of drug-likeness (QED) is 0.683. The Labute approximate surface area is 169 Å². The van der Waals surface area contributed by atoms with Crippen LogP contribution in [-0.2, 0) is 15.8 Å². The van der Waals surface area contributed by atoms with E-state index in [1.165, 1.54) is 25.2 Å². The Morgan fingerprint density at radius 3 is 2.55 bits per heavy atom. The zero-order valence-corrected chi connectivity index (χ0v) is 15.9. The Morgan fingerprint density at radius 1 is 1.21 bits per heavy atom. The number of para-hydroxylation sites is 1. The van der Waals surface area contributed by atoms with Crippen LogP contribution in [0.5, 0.6) is 5.75 Å². The number of amides is 2. The van der Waals surface area contributed by atoms with Crippen LogP contribution >= 0.6 is 11.6 Å². The molecule has 0 aromatic heterocycles. The maximum Gasteiger partial charge on any atom is 0.417 e. The molecule has 0 spiro atoms. The number of ether oxygens (including phenoxy) is 1. The van der Waals surface area contributed by atoms with Crippen molar-refractivity contribution in [2.75, 3.05) is 25.5 Å². The maximum absolute atomic E-state index is 12.9. The number of carbonyl (C=O) groups excluding carboxylic acids is 3. The van der Waals surface area contributed by atoms with Gasteiger partial charge in [-0.2, -0.15) is 13.2 Å². The lowest BCUT2D eigenvalue weighted by Gasteiger charge is -2.18. The lowest BCUT2D eigenvalue weighted by Crippen LogP contribution is -2.37. The van der Waals surface area contributed by atoms with E-state index in [2.05, 4.69) is 5.32 Å². The van der Waals surface area contributed by atoms with Crippen LogP contribution in [-0.4, -0.2) is 43.2 Å². The Hall–Kier alpha value is -3.07. The van der Waals surface area contributed by atoms with Crippen LogP contribution < -0.4 is 10.1 Å². The topological polar surface area (TPSA) is 75.7 Å². The third kappa shape index (κ3) is 6.21. The molecule has 2 amide bonds. The molecule has 0 radical (unpaired) electrons. The largest absolute Gasteiger partial charge is 0.483 e. The Bertz CT molecular complexity index is 919. The minimum atomic E-state index is -4.67. The van der Waals surface area contributed by atoms with Gasteiger partial charge < -0.3 is 15.0 Å². The molecular formula is C19H16ClF3N2O4. The molecule has 2 rings (SSSR count). The molecule has 0 unspecified atom stereocenters. The van der Waals surface area contributed by atoms with Crippen molar-refractivity contribution < 1.29 is 32.3 Å². The number of benzene rings is 2. The fraction of sp³-hybridized carbons (Fsp3) is 0.211. The van der Waals surface area contributed by atoms with Crippen molar-refractivity contribution in [1.82, 2.24) is 4.90 Å². The number of nitrogens with one attached hydrogen (secondary N) is 1. The summed E-state index contributed by atoms with van der Waals surface area (Å²) in [5.41, 5.74) is -0.920. The minimum Gasteiger partial charge on any atom is -0.483 e. The highest BCUT2D eigenvalue weighted by Gasteiger charge is 2.33. The number of hydrogen-bond donors (Lipinski definition) is 1. The van der Waals surface area contributed by atoms with E-state index in [4.69, 9.17) is 16.3 Å². The fourth-order valence-corrected chi connectivity index (χ4v) is 2.51. The van der Waals surface area contributed by atoms with Crippen molar-refractivity contribution in [2.45, 2.75) is 6.18 Å². The molecule has 0 aliphatic rings. The molecule has 2 aromatic rings. The number of anilines is 1. The number of hydrogen-bond acceptors (Lipinski definition) is 4. The molecule has 0 bridgehead atoms. The average molecular weight is 429 g/mol. The monoisotopic (exact) mass is 428 g/mol. The maximum atomic E-state index is 12.9. The van der Waals surface area contributed by atoms with Gasteiger partial charge >= 0.3 is 6.18 Å². The van der Waals surface area contributed by atoms with Crippen molar-refractivity contribution in [3.05, 3.63) is 58.6 Å². The van der Waals surface area contributed by atoms with E-state index in [0.29, 0.717) is 12.4 Å². The molecule has 0 saturated carbocycles. The molecule has 6 nitrogen and oxygen atoms in total. The van der Waals surface area contributed by atoms with Gasteiger partial charge in [-0.15, -0.1) is 0 Å². The van der Waals surface area contributed by atoms with Crippen LogP contribution in [0.1, 0.15) is 15.9 Å². The molecule has 0 atom stereocenters. The van der Waals surface area contributed by atoms with Gasteiger partial charge in [0, 0.05) is 12.7 Å². The zero-order valence-electron chi connectivity index (χ0n) is 15.1.